The summed E-state index contributed by atoms with van der Waals surface area (Å²) in [5, 5.41) is 2.83. The van der Waals surface area contributed by atoms with Gasteiger partial charge in [0.1, 0.15) is 5.41 Å². The summed E-state index contributed by atoms with van der Waals surface area (Å²) in [4.78, 5) is 38.6. The zero-order valence-corrected chi connectivity index (χ0v) is 11.5. The summed E-state index contributed by atoms with van der Waals surface area (Å²) in [7, 11) is 0. The van der Waals surface area contributed by atoms with Crippen molar-refractivity contribution in [3.63, 3.8) is 0 Å². The molecule has 1 aliphatic carbocycles. The highest BCUT2D eigenvalue weighted by Crippen LogP contribution is 2.47. The van der Waals surface area contributed by atoms with E-state index in [2.05, 4.69) is 5.32 Å². The van der Waals surface area contributed by atoms with Gasteiger partial charge >= 0.3 is 0 Å². The molecule has 1 saturated carbocycles. The minimum Gasteiger partial charge on any atom is -0.353 e. The summed E-state index contributed by atoms with van der Waals surface area (Å²) < 4.78 is 0. The predicted octanol–water partition coefficient (Wildman–Crippen LogP) is -0.408. The summed E-state index contributed by atoms with van der Waals surface area (Å²) in [5.74, 6) is -0.221. The lowest BCUT2D eigenvalue weighted by molar-refractivity contribution is -0.146. The van der Waals surface area contributed by atoms with E-state index >= 15 is 0 Å². The number of carbonyl (C=O) groups excluding carboxylic acids is 3. The first-order valence-corrected chi connectivity index (χ1v) is 6.79. The number of amides is 3. The molecule has 0 bridgehead atoms. The lowest BCUT2D eigenvalue weighted by Crippen LogP contribution is -2.53. The standard InChI is InChI=1S/C13H21N3O3/c1-10(2)14-11(18)13(3-4-13)12(19)16-7-5-15(9-17)6-8-16/h9-10H,3-8H2,1-2H3,(H,14,18). The summed E-state index contributed by atoms with van der Waals surface area (Å²) in [6.45, 7) is 5.93. The van der Waals surface area contributed by atoms with Crippen molar-refractivity contribution in [2.24, 2.45) is 5.41 Å². The molecule has 1 saturated heterocycles. The summed E-state index contributed by atoms with van der Waals surface area (Å²) >= 11 is 0. The molecule has 0 aromatic carbocycles. The van der Waals surface area contributed by atoms with Gasteiger partial charge in [-0.15, -0.1) is 0 Å². The van der Waals surface area contributed by atoms with Crippen molar-refractivity contribution in [2.75, 3.05) is 26.2 Å². The Morgan fingerprint density at radius 1 is 1.16 bits per heavy atom. The molecule has 2 fully saturated rings. The van der Waals surface area contributed by atoms with Gasteiger partial charge in [0.25, 0.3) is 0 Å². The fourth-order valence-electron chi connectivity index (χ4n) is 2.40. The minimum atomic E-state index is -0.826. The van der Waals surface area contributed by atoms with Crippen LogP contribution >= 0.6 is 0 Å². The van der Waals surface area contributed by atoms with Crippen LogP contribution < -0.4 is 5.32 Å². The van der Waals surface area contributed by atoms with Crippen LogP contribution in [0.5, 0.6) is 0 Å². The highest BCUT2D eigenvalue weighted by Gasteiger charge is 2.58. The highest BCUT2D eigenvalue weighted by atomic mass is 16.2. The number of nitrogens with zero attached hydrogens (tertiary/aromatic N) is 2. The maximum atomic E-state index is 12.5. The molecular weight excluding hydrogens is 246 g/mol. The number of rotatable bonds is 4. The fraction of sp³-hybridized carbons (Fsp3) is 0.769. The van der Waals surface area contributed by atoms with Gasteiger partial charge in [-0.3, -0.25) is 14.4 Å². The predicted molar refractivity (Wildman–Crippen MR) is 69.2 cm³/mol. The van der Waals surface area contributed by atoms with Crippen molar-refractivity contribution in [1.29, 1.82) is 0 Å². The lowest BCUT2D eigenvalue weighted by Gasteiger charge is -2.34. The summed E-state index contributed by atoms with van der Waals surface area (Å²) in [5.41, 5.74) is -0.826. The van der Waals surface area contributed by atoms with Crippen molar-refractivity contribution in [3.05, 3.63) is 0 Å². The SMILES string of the molecule is CC(C)NC(=O)C1(C(=O)N2CCN(C=O)CC2)CC1. The van der Waals surface area contributed by atoms with E-state index in [0.29, 0.717) is 39.0 Å². The largest absolute Gasteiger partial charge is 0.353 e. The second kappa shape index (κ2) is 5.19. The molecule has 2 rings (SSSR count). The Labute approximate surface area is 113 Å². The molecule has 0 aromatic heterocycles. The van der Waals surface area contributed by atoms with Gasteiger partial charge in [0.2, 0.25) is 18.2 Å². The Bertz CT molecular complexity index is 383. The lowest BCUT2D eigenvalue weighted by atomic mass is 10.0. The quantitative estimate of drug-likeness (QED) is 0.556. The van der Waals surface area contributed by atoms with Gasteiger partial charge in [0, 0.05) is 32.2 Å². The second-order valence-corrected chi connectivity index (χ2v) is 5.64. The van der Waals surface area contributed by atoms with E-state index in [9.17, 15) is 14.4 Å². The van der Waals surface area contributed by atoms with Crippen LogP contribution in [-0.4, -0.2) is 60.2 Å². The van der Waals surface area contributed by atoms with Gasteiger partial charge in [0.15, 0.2) is 0 Å². The molecule has 3 amide bonds. The molecule has 19 heavy (non-hydrogen) atoms. The third-order valence-electron chi connectivity index (χ3n) is 3.76. The van der Waals surface area contributed by atoms with E-state index in [1.807, 2.05) is 13.8 Å². The van der Waals surface area contributed by atoms with Crippen molar-refractivity contribution >= 4 is 18.2 Å². The van der Waals surface area contributed by atoms with Crippen molar-refractivity contribution in [3.8, 4) is 0 Å². The molecule has 106 valence electrons. The fourth-order valence-corrected chi connectivity index (χ4v) is 2.40. The third kappa shape index (κ3) is 2.72. The Balaban J connectivity index is 1.96. The molecule has 0 aromatic rings. The molecule has 1 N–H and O–H groups in total. The average Bonchev–Trinajstić information content (AvgIpc) is 3.19. The average molecular weight is 267 g/mol. The molecule has 0 radical (unpaired) electrons. The summed E-state index contributed by atoms with van der Waals surface area (Å²) in [6, 6.07) is 0.0460. The Morgan fingerprint density at radius 3 is 2.16 bits per heavy atom. The zero-order chi connectivity index (χ0) is 14.0. The Hall–Kier alpha value is -1.59. The maximum Gasteiger partial charge on any atom is 0.238 e. The minimum absolute atomic E-state index is 0.0460. The number of carbonyl (C=O) groups is 3. The van der Waals surface area contributed by atoms with E-state index in [1.54, 1.807) is 9.80 Å². The molecule has 6 nitrogen and oxygen atoms in total. The zero-order valence-electron chi connectivity index (χ0n) is 11.5. The summed E-state index contributed by atoms with van der Waals surface area (Å²) in [6.07, 6.45) is 2.08. The smallest absolute Gasteiger partial charge is 0.238 e. The van der Waals surface area contributed by atoms with Crippen molar-refractivity contribution in [1.82, 2.24) is 15.1 Å². The Kier molecular flexibility index (Phi) is 3.78. The molecule has 0 spiro atoms. The monoisotopic (exact) mass is 267 g/mol. The number of hydrogen-bond acceptors (Lipinski definition) is 3. The van der Waals surface area contributed by atoms with Gasteiger partial charge in [-0.05, 0) is 26.7 Å². The van der Waals surface area contributed by atoms with Crippen molar-refractivity contribution in [2.45, 2.75) is 32.7 Å². The topological polar surface area (TPSA) is 69.7 Å². The van der Waals surface area contributed by atoms with Gasteiger partial charge in [0.05, 0.1) is 0 Å². The number of piperazine rings is 1. The van der Waals surface area contributed by atoms with Gasteiger partial charge in [-0.2, -0.15) is 0 Å². The highest BCUT2D eigenvalue weighted by molar-refractivity contribution is 6.08. The molecular formula is C13H21N3O3. The van der Waals surface area contributed by atoms with E-state index in [4.69, 9.17) is 0 Å². The van der Waals surface area contributed by atoms with Crippen molar-refractivity contribution < 1.29 is 14.4 Å². The van der Waals surface area contributed by atoms with Crippen LogP contribution in [-0.2, 0) is 14.4 Å². The van der Waals surface area contributed by atoms with Crippen LogP contribution in [0.3, 0.4) is 0 Å². The molecule has 1 heterocycles. The van der Waals surface area contributed by atoms with Gasteiger partial charge in [-0.1, -0.05) is 0 Å². The molecule has 2 aliphatic rings. The molecule has 0 atom stereocenters. The van der Waals surface area contributed by atoms with Crippen LogP contribution in [0.15, 0.2) is 0 Å². The van der Waals surface area contributed by atoms with Crippen LogP contribution in [0.25, 0.3) is 0 Å². The van der Waals surface area contributed by atoms with E-state index in [0.717, 1.165) is 6.41 Å². The Morgan fingerprint density at radius 2 is 1.74 bits per heavy atom. The third-order valence-corrected chi connectivity index (χ3v) is 3.76. The van der Waals surface area contributed by atoms with Gasteiger partial charge in [-0.25, -0.2) is 0 Å². The number of hydrogen-bond donors (Lipinski definition) is 1. The molecule has 1 aliphatic heterocycles. The number of nitrogens with one attached hydrogen (secondary N) is 1. The maximum absolute atomic E-state index is 12.5. The van der Waals surface area contributed by atoms with E-state index in [-0.39, 0.29) is 17.9 Å². The van der Waals surface area contributed by atoms with E-state index < -0.39 is 5.41 Å². The van der Waals surface area contributed by atoms with Crippen LogP contribution in [0.1, 0.15) is 26.7 Å². The van der Waals surface area contributed by atoms with Crippen LogP contribution in [0.2, 0.25) is 0 Å². The first-order valence-electron chi connectivity index (χ1n) is 6.79. The van der Waals surface area contributed by atoms with Crippen LogP contribution in [0, 0.1) is 5.41 Å². The van der Waals surface area contributed by atoms with E-state index in [1.165, 1.54) is 0 Å². The second-order valence-electron chi connectivity index (χ2n) is 5.64. The first-order chi connectivity index (χ1) is 8.99. The normalized spacial score (nSPS) is 21.2. The molecule has 0 unspecified atom stereocenters. The first kappa shape index (κ1) is 13.8. The van der Waals surface area contributed by atoms with Gasteiger partial charge < -0.3 is 15.1 Å². The van der Waals surface area contributed by atoms with Crippen LogP contribution in [0.4, 0.5) is 0 Å². The molecule has 6 heteroatoms.